The summed E-state index contributed by atoms with van der Waals surface area (Å²) in [6, 6.07) is 24.9. The van der Waals surface area contributed by atoms with E-state index in [4.69, 9.17) is 0 Å². The molecule has 196 valence electrons. The van der Waals surface area contributed by atoms with Gasteiger partial charge in [0, 0.05) is 65.5 Å². The maximum atomic E-state index is 13.3. The summed E-state index contributed by atoms with van der Waals surface area (Å²) < 4.78 is 30.1. The number of carbonyl (C=O) groups is 1. The first-order chi connectivity index (χ1) is 17.9. The summed E-state index contributed by atoms with van der Waals surface area (Å²) in [5.41, 5.74) is 3.43. The van der Waals surface area contributed by atoms with Crippen LogP contribution in [0.5, 0.6) is 0 Å². The quantitative estimate of drug-likeness (QED) is 0.302. The molecule has 0 radical (unpaired) electrons. The average molecular weight is 614 g/mol. The Balaban J connectivity index is 0.00000336. The van der Waals surface area contributed by atoms with Crippen molar-refractivity contribution in [3.63, 3.8) is 0 Å². The van der Waals surface area contributed by atoms with Crippen LogP contribution >= 0.6 is 28.3 Å². The van der Waals surface area contributed by atoms with Crippen LogP contribution in [0.1, 0.15) is 10.4 Å². The molecule has 38 heavy (non-hydrogen) atoms. The van der Waals surface area contributed by atoms with Crippen molar-refractivity contribution in [2.24, 2.45) is 0 Å². The normalized spacial score (nSPS) is 13.5. The number of hydrogen-bond acceptors (Lipinski definition) is 5. The van der Waals surface area contributed by atoms with E-state index in [1.807, 2.05) is 47.4 Å². The van der Waals surface area contributed by atoms with Gasteiger partial charge in [0.25, 0.3) is 15.9 Å². The van der Waals surface area contributed by atoms with E-state index < -0.39 is 10.0 Å². The van der Waals surface area contributed by atoms with Crippen LogP contribution in [0, 0.1) is 0 Å². The Morgan fingerprint density at radius 1 is 0.816 bits per heavy atom. The highest BCUT2D eigenvalue weighted by molar-refractivity contribution is 9.10. The zero-order valence-electron chi connectivity index (χ0n) is 20.3. The zero-order valence-corrected chi connectivity index (χ0v) is 23.5. The standard InChI is InChI=1S/C28H25BrN4O3S.ClH/c29-23-9-5-21(6-10-23)26-3-1-2-4-27(26)37(35,36)31-24-11-7-22(8-12-24)28(34)33-19-17-32(18-20-33)25-13-15-30-16-14-25;/h1-16,31H,17-20H2;1H. The molecule has 1 aliphatic rings. The molecule has 1 saturated heterocycles. The third-order valence-corrected chi connectivity index (χ3v) is 8.28. The minimum atomic E-state index is -3.86. The lowest BCUT2D eigenvalue weighted by atomic mass is 10.1. The van der Waals surface area contributed by atoms with Crippen LogP contribution in [-0.2, 0) is 10.0 Å². The van der Waals surface area contributed by atoms with Crippen LogP contribution < -0.4 is 9.62 Å². The summed E-state index contributed by atoms with van der Waals surface area (Å²) in [7, 11) is -3.86. The molecular formula is C28H26BrClN4O3S. The molecule has 0 unspecified atom stereocenters. The lowest BCUT2D eigenvalue weighted by Crippen LogP contribution is -2.48. The minimum Gasteiger partial charge on any atom is -0.368 e. The molecule has 1 amide bonds. The van der Waals surface area contributed by atoms with Crippen LogP contribution in [0.4, 0.5) is 11.4 Å². The number of amides is 1. The summed E-state index contributed by atoms with van der Waals surface area (Å²) in [5.74, 6) is -0.0654. The number of carbonyl (C=O) groups excluding carboxylic acids is 1. The van der Waals surface area contributed by atoms with Gasteiger partial charge in [-0.3, -0.25) is 14.5 Å². The van der Waals surface area contributed by atoms with Crippen LogP contribution in [-0.4, -0.2) is 50.4 Å². The molecule has 0 aliphatic carbocycles. The van der Waals surface area contributed by atoms with Crippen molar-refractivity contribution in [1.29, 1.82) is 0 Å². The molecule has 10 heteroatoms. The summed E-state index contributed by atoms with van der Waals surface area (Å²) in [6.45, 7) is 2.71. The van der Waals surface area contributed by atoms with Crippen molar-refractivity contribution in [3.8, 4) is 11.1 Å². The first-order valence-corrected chi connectivity index (χ1v) is 14.1. The molecule has 0 bridgehead atoms. The summed E-state index contributed by atoms with van der Waals surface area (Å²) in [4.78, 5) is 21.3. The predicted octanol–water partition coefficient (Wildman–Crippen LogP) is 5.70. The molecule has 2 heterocycles. The Labute approximate surface area is 237 Å². The number of rotatable bonds is 6. The van der Waals surface area contributed by atoms with Crippen molar-refractivity contribution in [2.75, 3.05) is 35.8 Å². The van der Waals surface area contributed by atoms with Gasteiger partial charge in [0.1, 0.15) is 0 Å². The largest absolute Gasteiger partial charge is 0.368 e. The highest BCUT2D eigenvalue weighted by Gasteiger charge is 2.23. The van der Waals surface area contributed by atoms with Gasteiger partial charge in [-0.15, -0.1) is 12.4 Å². The monoisotopic (exact) mass is 612 g/mol. The van der Waals surface area contributed by atoms with Crippen molar-refractivity contribution in [1.82, 2.24) is 9.88 Å². The number of anilines is 2. The Kier molecular flexibility index (Phi) is 8.71. The summed E-state index contributed by atoms with van der Waals surface area (Å²) in [5, 5.41) is 0. The number of benzene rings is 3. The molecular weight excluding hydrogens is 588 g/mol. The average Bonchev–Trinajstić information content (AvgIpc) is 2.94. The van der Waals surface area contributed by atoms with Crippen LogP contribution in [0.25, 0.3) is 11.1 Å². The molecule has 1 aliphatic heterocycles. The van der Waals surface area contributed by atoms with E-state index in [2.05, 4.69) is 30.5 Å². The first-order valence-electron chi connectivity index (χ1n) is 11.8. The number of pyridine rings is 1. The van der Waals surface area contributed by atoms with Crippen molar-refractivity contribution >= 4 is 55.6 Å². The third-order valence-electron chi connectivity index (χ3n) is 6.31. The predicted molar refractivity (Wildman–Crippen MR) is 156 cm³/mol. The second kappa shape index (κ2) is 12.0. The number of nitrogens with zero attached hydrogens (tertiary/aromatic N) is 3. The fourth-order valence-corrected chi connectivity index (χ4v) is 5.92. The highest BCUT2D eigenvalue weighted by atomic mass is 79.9. The maximum absolute atomic E-state index is 13.3. The van der Waals surface area contributed by atoms with Gasteiger partial charge in [0.05, 0.1) is 4.90 Å². The van der Waals surface area contributed by atoms with Gasteiger partial charge < -0.3 is 9.80 Å². The molecule has 0 atom stereocenters. The van der Waals surface area contributed by atoms with Gasteiger partial charge >= 0.3 is 0 Å². The Bertz CT molecular complexity index is 1490. The Morgan fingerprint density at radius 3 is 2.11 bits per heavy atom. The van der Waals surface area contributed by atoms with Gasteiger partial charge in [-0.1, -0.05) is 46.3 Å². The second-order valence-corrected chi connectivity index (χ2v) is 11.2. The fraction of sp³-hybridized carbons (Fsp3) is 0.143. The number of piperazine rings is 1. The summed E-state index contributed by atoms with van der Waals surface area (Å²) in [6.07, 6.45) is 3.53. The molecule has 4 aromatic rings. The second-order valence-electron chi connectivity index (χ2n) is 8.67. The van der Waals surface area contributed by atoms with Gasteiger partial charge in [-0.05, 0) is 60.2 Å². The van der Waals surface area contributed by atoms with E-state index >= 15 is 0 Å². The number of hydrogen-bond donors (Lipinski definition) is 1. The molecule has 5 rings (SSSR count). The van der Waals surface area contributed by atoms with E-state index in [1.165, 1.54) is 0 Å². The molecule has 1 fully saturated rings. The number of halogens is 2. The van der Waals surface area contributed by atoms with E-state index in [1.54, 1.807) is 54.9 Å². The maximum Gasteiger partial charge on any atom is 0.262 e. The van der Waals surface area contributed by atoms with Crippen LogP contribution in [0.2, 0.25) is 0 Å². The Morgan fingerprint density at radius 2 is 1.45 bits per heavy atom. The third kappa shape index (κ3) is 6.18. The van der Waals surface area contributed by atoms with E-state index in [9.17, 15) is 13.2 Å². The molecule has 1 N–H and O–H groups in total. The number of aromatic nitrogens is 1. The lowest BCUT2D eigenvalue weighted by Gasteiger charge is -2.36. The highest BCUT2D eigenvalue weighted by Crippen LogP contribution is 2.30. The Hall–Kier alpha value is -3.40. The smallest absolute Gasteiger partial charge is 0.262 e. The van der Waals surface area contributed by atoms with Crippen LogP contribution in [0.15, 0.2) is 107 Å². The van der Waals surface area contributed by atoms with Crippen LogP contribution in [0.3, 0.4) is 0 Å². The van der Waals surface area contributed by atoms with Crippen molar-refractivity contribution in [2.45, 2.75) is 4.90 Å². The van der Waals surface area contributed by atoms with Crippen molar-refractivity contribution < 1.29 is 13.2 Å². The van der Waals surface area contributed by atoms with E-state index in [-0.39, 0.29) is 23.2 Å². The topological polar surface area (TPSA) is 82.6 Å². The summed E-state index contributed by atoms with van der Waals surface area (Å²) >= 11 is 3.41. The molecule has 0 saturated carbocycles. The SMILES string of the molecule is Cl.O=C(c1ccc(NS(=O)(=O)c2ccccc2-c2ccc(Br)cc2)cc1)N1CCN(c2ccncc2)CC1. The van der Waals surface area contributed by atoms with Gasteiger partial charge in [-0.2, -0.15) is 0 Å². The number of nitrogens with one attached hydrogen (secondary N) is 1. The lowest BCUT2D eigenvalue weighted by molar-refractivity contribution is 0.0747. The minimum absolute atomic E-state index is 0. The fourth-order valence-electron chi connectivity index (χ4n) is 4.37. The van der Waals surface area contributed by atoms with Crippen molar-refractivity contribution in [3.05, 3.63) is 107 Å². The zero-order chi connectivity index (χ0) is 25.8. The van der Waals surface area contributed by atoms with E-state index in [0.29, 0.717) is 29.9 Å². The van der Waals surface area contributed by atoms with Gasteiger partial charge in [0.2, 0.25) is 0 Å². The number of sulfonamides is 1. The van der Waals surface area contributed by atoms with E-state index in [0.717, 1.165) is 28.8 Å². The molecule has 1 aromatic heterocycles. The molecule has 0 spiro atoms. The molecule has 7 nitrogen and oxygen atoms in total. The van der Waals surface area contributed by atoms with Gasteiger partial charge in [-0.25, -0.2) is 8.42 Å². The van der Waals surface area contributed by atoms with Gasteiger partial charge in [0.15, 0.2) is 0 Å². The first kappa shape index (κ1) is 27.6. The molecule has 3 aromatic carbocycles.